The van der Waals surface area contributed by atoms with E-state index in [9.17, 15) is 18.5 Å². The van der Waals surface area contributed by atoms with Gasteiger partial charge in [-0.1, -0.05) is 6.42 Å². The van der Waals surface area contributed by atoms with E-state index < -0.39 is 14.9 Å². The summed E-state index contributed by atoms with van der Waals surface area (Å²) in [4.78, 5) is 13.6. The van der Waals surface area contributed by atoms with E-state index in [1.54, 1.807) is 0 Å². The maximum absolute atomic E-state index is 12.5. The third-order valence-corrected chi connectivity index (χ3v) is 5.22. The molecule has 0 aliphatic carbocycles. The lowest BCUT2D eigenvalue weighted by Gasteiger charge is -2.33. The monoisotopic (exact) mass is 336 g/mol. The van der Waals surface area contributed by atoms with E-state index in [1.807, 2.05) is 0 Å². The standard InChI is InChI=1S/C11H16N4O4S.ClH/c12-7-9-3-1-2-6-14(9)20(18,19)11-5-4-10(8-13-11)15(16)17;/h4-5,8-9H,1-3,6-7,12H2;1H. The second-order valence-corrected chi connectivity index (χ2v) is 6.45. The molecule has 1 unspecified atom stereocenters. The van der Waals surface area contributed by atoms with E-state index in [0.29, 0.717) is 6.54 Å². The van der Waals surface area contributed by atoms with Gasteiger partial charge in [0.2, 0.25) is 0 Å². The van der Waals surface area contributed by atoms with Crippen LogP contribution in [0.15, 0.2) is 23.4 Å². The fourth-order valence-electron chi connectivity index (χ4n) is 2.28. The zero-order valence-electron chi connectivity index (χ0n) is 11.2. The first-order chi connectivity index (χ1) is 9.46. The highest BCUT2D eigenvalue weighted by Gasteiger charge is 2.33. The first-order valence-corrected chi connectivity index (χ1v) is 7.73. The van der Waals surface area contributed by atoms with E-state index in [1.165, 1.54) is 4.31 Å². The van der Waals surface area contributed by atoms with Crippen LogP contribution in [0.25, 0.3) is 0 Å². The number of sulfonamides is 1. The smallest absolute Gasteiger partial charge is 0.287 e. The highest BCUT2D eigenvalue weighted by atomic mass is 35.5. The van der Waals surface area contributed by atoms with Gasteiger partial charge < -0.3 is 5.73 Å². The van der Waals surface area contributed by atoms with Gasteiger partial charge in [0.1, 0.15) is 6.20 Å². The molecule has 10 heteroatoms. The van der Waals surface area contributed by atoms with Crippen LogP contribution in [0.1, 0.15) is 19.3 Å². The molecule has 0 radical (unpaired) electrons. The fourth-order valence-corrected chi connectivity index (χ4v) is 3.90. The Bertz CT molecular complexity index is 593. The molecule has 0 amide bonds. The minimum Gasteiger partial charge on any atom is -0.329 e. The summed E-state index contributed by atoms with van der Waals surface area (Å²) >= 11 is 0. The van der Waals surface area contributed by atoms with Gasteiger partial charge in [0.25, 0.3) is 15.7 Å². The SMILES string of the molecule is Cl.NCC1CCCCN1S(=O)(=O)c1ccc([N+](=O)[O-])cn1. The van der Waals surface area contributed by atoms with E-state index >= 15 is 0 Å². The lowest BCUT2D eigenvalue weighted by atomic mass is 10.1. The molecule has 1 aromatic rings. The number of rotatable bonds is 4. The first kappa shape index (κ1) is 17.8. The minimum absolute atomic E-state index is 0. The molecule has 0 aromatic carbocycles. The van der Waals surface area contributed by atoms with Crippen LogP contribution in [0, 0.1) is 10.1 Å². The zero-order chi connectivity index (χ0) is 14.8. The molecule has 1 atom stereocenters. The number of nitrogens with two attached hydrogens (primary N) is 1. The average Bonchev–Trinajstić information content (AvgIpc) is 2.47. The molecule has 1 aromatic heterocycles. The Balaban J connectivity index is 0.00000220. The van der Waals surface area contributed by atoms with E-state index in [4.69, 9.17) is 5.73 Å². The number of aromatic nitrogens is 1. The van der Waals surface area contributed by atoms with Crippen molar-refractivity contribution in [3.05, 3.63) is 28.4 Å². The van der Waals surface area contributed by atoms with Crippen molar-refractivity contribution in [2.75, 3.05) is 13.1 Å². The fraction of sp³-hybridized carbons (Fsp3) is 0.545. The lowest BCUT2D eigenvalue weighted by molar-refractivity contribution is -0.385. The van der Waals surface area contributed by atoms with Crippen LogP contribution in [0.5, 0.6) is 0 Å². The van der Waals surface area contributed by atoms with Crippen molar-refractivity contribution in [2.24, 2.45) is 5.73 Å². The molecule has 1 aliphatic rings. The van der Waals surface area contributed by atoms with Crippen LogP contribution >= 0.6 is 12.4 Å². The Morgan fingerprint density at radius 2 is 2.14 bits per heavy atom. The van der Waals surface area contributed by atoms with Gasteiger partial charge in [-0.05, 0) is 18.9 Å². The Morgan fingerprint density at radius 1 is 1.43 bits per heavy atom. The Hall–Kier alpha value is -1.29. The zero-order valence-corrected chi connectivity index (χ0v) is 12.8. The molecule has 0 saturated carbocycles. The number of piperidine rings is 1. The van der Waals surface area contributed by atoms with Crippen LogP contribution in [0.2, 0.25) is 0 Å². The number of pyridine rings is 1. The third kappa shape index (κ3) is 3.67. The van der Waals surface area contributed by atoms with Crippen molar-refractivity contribution in [1.29, 1.82) is 0 Å². The van der Waals surface area contributed by atoms with E-state index in [2.05, 4.69) is 4.98 Å². The van der Waals surface area contributed by atoms with Crippen LogP contribution in [-0.2, 0) is 10.0 Å². The van der Waals surface area contributed by atoms with Gasteiger partial charge in [-0.2, -0.15) is 4.31 Å². The molecule has 21 heavy (non-hydrogen) atoms. The molecular formula is C11H17ClN4O4S. The van der Waals surface area contributed by atoms with Crippen LogP contribution < -0.4 is 5.73 Å². The Morgan fingerprint density at radius 3 is 2.67 bits per heavy atom. The van der Waals surface area contributed by atoms with Crippen molar-refractivity contribution in [3.63, 3.8) is 0 Å². The summed E-state index contributed by atoms with van der Waals surface area (Å²) < 4.78 is 26.3. The lowest BCUT2D eigenvalue weighted by Crippen LogP contribution is -2.47. The molecule has 2 heterocycles. The molecule has 0 spiro atoms. The molecule has 1 fully saturated rings. The molecule has 0 bridgehead atoms. The normalized spacial score (nSPS) is 19.8. The topological polar surface area (TPSA) is 119 Å². The maximum atomic E-state index is 12.5. The molecular weight excluding hydrogens is 320 g/mol. The average molecular weight is 337 g/mol. The molecule has 1 saturated heterocycles. The highest BCUT2D eigenvalue weighted by Crippen LogP contribution is 2.24. The molecule has 1 aliphatic heterocycles. The predicted molar refractivity (Wildman–Crippen MR) is 78.7 cm³/mol. The van der Waals surface area contributed by atoms with Crippen molar-refractivity contribution >= 4 is 28.1 Å². The number of halogens is 1. The number of nitro groups is 1. The van der Waals surface area contributed by atoms with Gasteiger partial charge in [-0.15, -0.1) is 12.4 Å². The van der Waals surface area contributed by atoms with Crippen LogP contribution in [0.4, 0.5) is 5.69 Å². The third-order valence-electron chi connectivity index (χ3n) is 3.35. The number of hydrogen-bond donors (Lipinski definition) is 1. The van der Waals surface area contributed by atoms with Crippen molar-refractivity contribution < 1.29 is 13.3 Å². The van der Waals surface area contributed by atoms with Crippen LogP contribution in [0.3, 0.4) is 0 Å². The molecule has 118 valence electrons. The Kier molecular flexibility index (Phi) is 6.02. The van der Waals surface area contributed by atoms with Crippen molar-refractivity contribution in [2.45, 2.75) is 30.3 Å². The first-order valence-electron chi connectivity index (χ1n) is 6.29. The van der Waals surface area contributed by atoms with Gasteiger partial charge in [0.05, 0.1) is 4.92 Å². The van der Waals surface area contributed by atoms with Gasteiger partial charge in [0, 0.05) is 25.2 Å². The van der Waals surface area contributed by atoms with Crippen molar-refractivity contribution in [1.82, 2.24) is 9.29 Å². The summed E-state index contributed by atoms with van der Waals surface area (Å²) in [5, 5.41) is 10.4. The largest absolute Gasteiger partial charge is 0.329 e. The molecule has 8 nitrogen and oxygen atoms in total. The molecule has 2 rings (SSSR count). The van der Waals surface area contributed by atoms with Gasteiger partial charge in [0.15, 0.2) is 5.03 Å². The molecule has 2 N–H and O–H groups in total. The van der Waals surface area contributed by atoms with E-state index in [0.717, 1.165) is 37.6 Å². The summed E-state index contributed by atoms with van der Waals surface area (Å²) in [6.07, 6.45) is 3.40. The summed E-state index contributed by atoms with van der Waals surface area (Å²) in [6, 6.07) is 2.07. The number of hydrogen-bond acceptors (Lipinski definition) is 6. The summed E-state index contributed by atoms with van der Waals surface area (Å²) in [6.45, 7) is 0.662. The summed E-state index contributed by atoms with van der Waals surface area (Å²) in [5.74, 6) is 0. The van der Waals surface area contributed by atoms with Crippen molar-refractivity contribution in [3.8, 4) is 0 Å². The maximum Gasteiger partial charge on any atom is 0.287 e. The number of nitrogens with zero attached hydrogens (tertiary/aromatic N) is 3. The second-order valence-electron chi connectivity index (χ2n) is 4.61. The summed E-state index contributed by atoms with van der Waals surface area (Å²) in [5.41, 5.74) is 5.38. The summed E-state index contributed by atoms with van der Waals surface area (Å²) in [7, 11) is -3.75. The highest BCUT2D eigenvalue weighted by molar-refractivity contribution is 7.89. The van der Waals surface area contributed by atoms with Gasteiger partial charge >= 0.3 is 0 Å². The van der Waals surface area contributed by atoms with Gasteiger partial charge in [-0.25, -0.2) is 13.4 Å². The van der Waals surface area contributed by atoms with E-state index in [-0.39, 0.29) is 35.7 Å². The van der Waals surface area contributed by atoms with Gasteiger partial charge in [-0.3, -0.25) is 10.1 Å². The predicted octanol–water partition coefficient (Wildman–Crippen LogP) is 0.913. The van der Waals surface area contributed by atoms with Crippen LogP contribution in [-0.4, -0.2) is 41.8 Å². The minimum atomic E-state index is -3.75. The Labute approximate surface area is 129 Å². The quantitative estimate of drug-likeness (QED) is 0.644. The second kappa shape index (κ2) is 7.12.